The standard InChI is InChI=1S/C19H20N4O2S/c1-3-4-11-26-19-21-18(24)16-13-7-5-6-8-14(13)20-17(23(16)22-19)15-10-9-12(2)25-15/h5-10,17H,3-4,11H2,1-2H3,(H,21,22,24). The van der Waals surface area contributed by atoms with Gasteiger partial charge in [-0.1, -0.05) is 43.3 Å². The minimum Gasteiger partial charge on any atom is -0.462 e. The van der Waals surface area contributed by atoms with Crippen molar-refractivity contribution in [3.05, 3.63) is 58.5 Å². The minimum absolute atomic E-state index is 0.158. The van der Waals surface area contributed by atoms with E-state index in [-0.39, 0.29) is 5.91 Å². The highest BCUT2D eigenvalue weighted by Crippen LogP contribution is 2.31. The first-order chi connectivity index (χ1) is 12.7. The molecule has 2 aliphatic heterocycles. The molecule has 7 heteroatoms. The van der Waals surface area contributed by atoms with E-state index in [1.807, 2.05) is 43.3 Å². The fourth-order valence-corrected chi connectivity index (χ4v) is 3.92. The Labute approximate surface area is 155 Å². The van der Waals surface area contributed by atoms with Crippen molar-refractivity contribution >= 4 is 28.5 Å². The Hall–Kier alpha value is -2.54. The number of carbonyl (C=O) groups excluding carboxylic acids is 1. The lowest BCUT2D eigenvalue weighted by atomic mass is 10.1. The molecule has 1 N–H and O–H groups in total. The molecule has 0 saturated heterocycles. The normalized spacial score (nSPS) is 18.6. The van der Waals surface area contributed by atoms with Gasteiger partial charge in [0.25, 0.3) is 5.91 Å². The van der Waals surface area contributed by atoms with Crippen LogP contribution in [0.25, 0.3) is 5.70 Å². The monoisotopic (exact) mass is 368 g/mol. The molecular formula is C19H20N4O2S. The number of rotatable bonds is 4. The summed E-state index contributed by atoms with van der Waals surface area (Å²) >= 11 is 1.56. The van der Waals surface area contributed by atoms with Crippen LogP contribution in [0.5, 0.6) is 0 Å². The molecule has 0 aliphatic carbocycles. The van der Waals surface area contributed by atoms with Crippen LogP contribution in [0.1, 0.15) is 37.5 Å². The molecule has 1 atom stereocenters. The van der Waals surface area contributed by atoms with Crippen molar-refractivity contribution in [3.8, 4) is 0 Å². The fraction of sp³-hybridized carbons (Fsp3) is 0.316. The molecule has 26 heavy (non-hydrogen) atoms. The van der Waals surface area contributed by atoms with Crippen molar-refractivity contribution < 1.29 is 9.21 Å². The molecule has 2 aliphatic rings. The lowest BCUT2D eigenvalue weighted by molar-refractivity contribution is -0.116. The Morgan fingerprint density at radius 1 is 1.27 bits per heavy atom. The number of nitrogens with one attached hydrogen (secondary N) is 1. The highest BCUT2D eigenvalue weighted by Gasteiger charge is 2.35. The number of furan rings is 1. The van der Waals surface area contributed by atoms with Gasteiger partial charge in [0, 0.05) is 11.0 Å². The zero-order valence-electron chi connectivity index (χ0n) is 14.7. The van der Waals surface area contributed by atoms with Crippen LogP contribution in [0.4, 0.5) is 0 Å². The van der Waals surface area contributed by atoms with Crippen molar-refractivity contribution in [3.63, 3.8) is 0 Å². The fourth-order valence-electron chi connectivity index (χ4n) is 2.98. The molecule has 2 aromatic rings. The van der Waals surface area contributed by atoms with E-state index in [0.29, 0.717) is 16.6 Å². The van der Waals surface area contributed by atoms with Gasteiger partial charge in [-0.25, -0.2) is 10.0 Å². The number of carbonyl (C=O) groups is 1. The zero-order valence-corrected chi connectivity index (χ0v) is 15.5. The molecule has 0 fully saturated rings. The van der Waals surface area contributed by atoms with Gasteiger partial charge >= 0.3 is 0 Å². The molecule has 6 nitrogen and oxygen atoms in total. The lowest BCUT2D eigenvalue weighted by Gasteiger charge is -2.32. The predicted octanol–water partition coefficient (Wildman–Crippen LogP) is 2.26. The Morgan fingerprint density at radius 2 is 2.12 bits per heavy atom. The molecule has 134 valence electrons. The largest absolute Gasteiger partial charge is 0.462 e. The average Bonchev–Trinajstić information content (AvgIpc) is 3.07. The Balaban J connectivity index is 1.83. The van der Waals surface area contributed by atoms with Crippen molar-refractivity contribution in [2.75, 3.05) is 5.75 Å². The van der Waals surface area contributed by atoms with Crippen molar-refractivity contribution in [1.29, 1.82) is 0 Å². The average molecular weight is 368 g/mol. The number of fused-ring (bicyclic) bond motifs is 2. The Bertz CT molecular complexity index is 995. The molecule has 1 aromatic heterocycles. The molecule has 1 aromatic carbocycles. The summed E-state index contributed by atoms with van der Waals surface area (Å²) in [4.78, 5) is 17.7. The summed E-state index contributed by atoms with van der Waals surface area (Å²) in [7, 11) is 0. The van der Waals surface area contributed by atoms with E-state index in [4.69, 9.17) is 9.41 Å². The first-order valence-corrected chi connectivity index (χ1v) is 9.71. The highest BCUT2D eigenvalue weighted by atomic mass is 32.2. The van der Waals surface area contributed by atoms with Gasteiger partial charge in [-0.3, -0.25) is 10.1 Å². The van der Waals surface area contributed by atoms with Gasteiger partial charge in [0.2, 0.25) is 6.17 Å². The maximum Gasteiger partial charge on any atom is 0.276 e. The Morgan fingerprint density at radius 3 is 2.88 bits per heavy atom. The summed E-state index contributed by atoms with van der Waals surface area (Å²) in [6.45, 7) is 4.03. The number of benzene rings is 1. The smallest absolute Gasteiger partial charge is 0.276 e. The molecule has 0 bridgehead atoms. The van der Waals surface area contributed by atoms with E-state index in [1.54, 1.807) is 16.8 Å². The molecule has 3 heterocycles. The van der Waals surface area contributed by atoms with Gasteiger partial charge in [0.05, 0.1) is 5.36 Å². The number of unbranched alkanes of at least 4 members (excludes halogenated alkanes) is 1. The number of nitrogens with zero attached hydrogens (tertiary/aromatic N) is 3. The predicted molar refractivity (Wildman–Crippen MR) is 102 cm³/mol. The van der Waals surface area contributed by atoms with Crippen LogP contribution in [0.15, 0.2) is 50.9 Å². The van der Waals surface area contributed by atoms with Crippen LogP contribution < -0.4 is 15.9 Å². The van der Waals surface area contributed by atoms with Gasteiger partial charge in [-0.05, 0) is 31.5 Å². The number of hydrogen-bond acceptors (Lipinski definition) is 6. The molecule has 0 radical (unpaired) electrons. The molecule has 1 amide bonds. The minimum atomic E-state index is -0.485. The van der Waals surface area contributed by atoms with Gasteiger partial charge in [-0.15, -0.1) is 5.10 Å². The van der Waals surface area contributed by atoms with E-state index in [2.05, 4.69) is 17.3 Å². The molecule has 4 rings (SSSR count). The van der Waals surface area contributed by atoms with Gasteiger partial charge < -0.3 is 4.42 Å². The van der Waals surface area contributed by atoms with Crippen LogP contribution in [-0.2, 0) is 4.79 Å². The van der Waals surface area contributed by atoms with Crippen LogP contribution in [-0.4, -0.2) is 21.8 Å². The van der Waals surface area contributed by atoms with E-state index < -0.39 is 6.17 Å². The SMILES string of the molecule is CCCCSC1=NN2C(=c3ccccc3=NC2c2ccc(C)o2)C(=O)N1. The molecular weight excluding hydrogens is 348 g/mol. The lowest BCUT2D eigenvalue weighted by Crippen LogP contribution is -2.50. The quantitative estimate of drug-likeness (QED) is 0.841. The summed E-state index contributed by atoms with van der Waals surface area (Å²) in [5.74, 6) is 2.23. The third-order valence-corrected chi connectivity index (χ3v) is 5.22. The second-order valence-corrected chi connectivity index (χ2v) is 7.31. The van der Waals surface area contributed by atoms with Crippen molar-refractivity contribution in [1.82, 2.24) is 10.3 Å². The number of para-hydroxylation sites is 1. The Kier molecular flexibility index (Phi) is 4.55. The maximum atomic E-state index is 12.9. The van der Waals surface area contributed by atoms with Crippen LogP contribution in [0, 0.1) is 6.92 Å². The number of aryl methyl sites for hydroxylation is 1. The third-order valence-electron chi connectivity index (χ3n) is 4.27. The first-order valence-electron chi connectivity index (χ1n) is 8.73. The summed E-state index contributed by atoms with van der Waals surface area (Å²) in [6.07, 6.45) is 1.69. The van der Waals surface area contributed by atoms with Crippen molar-refractivity contribution in [2.24, 2.45) is 10.1 Å². The number of amides is 1. The van der Waals surface area contributed by atoms with E-state index >= 15 is 0 Å². The number of hydrogen-bond donors (Lipinski definition) is 1. The van der Waals surface area contributed by atoms with Crippen LogP contribution >= 0.6 is 11.8 Å². The summed E-state index contributed by atoms with van der Waals surface area (Å²) in [6, 6.07) is 11.4. The number of thioether (sulfide) groups is 1. The summed E-state index contributed by atoms with van der Waals surface area (Å²) < 4.78 is 5.80. The van der Waals surface area contributed by atoms with Crippen molar-refractivity contribution in [2.45, 2.75) is 32.9 Å². The second kappa shape index (κ2) is 6.99. The molecule has 1 unspecified atom stereocenters. The van der Waals surface area contributed by atoms with Gasteiger partial charge in [-0.2, -0.15) is 0 Å². The van der Waals surface area contributed by atoms with E-state index in [1.165, 1.54) is 0 Å². The third kappa shape index (κ3) is 3.03. The zero-order chi connectivity index (χ0) is 18.1. The number of amidine groups is 1. The highest BCUT2D eigenvalue weighted by molar-refractivity contribution is 8.13. The summed E-state index contributed by atoms with van der Waals surface area (Å²) in [5, 5.41) is 11.4. The van der Waals surface area contributed by atoms with E-state index in [0.717, 1.165) is 34.9 Å². The number of hydrazone groups is 1. The van der Waals surface area contributed by atoms with Gasteiger partial charge in [0.15, 0.2) is 10.9 Å². The first kappa shape index (κ1) is 16.9. The molecule has 0 spiro atoms. The van der Waals surface area contributed by atoms with E-state index in [9.17, 15) is 4.79 Å². The molecule has 0 saturated carbocycles. The van der Waals surface area contributed by atoms with Crippen LogP contribution in [0.3, 0.4) is 0 Å². The van der Waals surface area contributed by atoms with Crippen LogP contribution in [0.2, 0.25) is 0 Å². The maximum absolute atomic E-state index is 12.9. The topological polar surface area (TPSA) is 70.2 Å². The second-order valence-electron chi connectivity index (χ2n) is 6.22. The van der Waals surface area contributed by atoms with Gasteiger partial charge in [0.1, 0.15) is 11.5 Å². The summed E-state index contributed by atoms with van der Waals surface area (Å²) in [5.41, 5.74) is 0.509.